The van der Waals surface area contributed by atoms with E-state index in [1.165, 1.54) is 12.1 Å². The van der Waals surface area contributed by atoms with Crippen molar-refractivity contribution in [1.29, 1.82) is 0 Å². The molecule has 104 valence electrons. The molecule has 3 aromatic rings. The molecule has 21 heavy (non-hydrogen) atoms. The first kappa shape index (κ1) is 12.1. The summed E-state index contributed by atoms with van der Waals surface area (Å²) in [4.78, 5) is 12.0. The van der Waals surface area contributed by atoms with Crippen LogP contribution >= 0.6 is 0 Å². The zero-order valence-corrected chi connectivity index (χ0v) is 11.3. The zero-order valence-electron chi connectivity index (χ0n) is 11.3. The average molecular weight is 280 g/mol. The smallest absolute Gasteiger partial charge is 0.268 e. The first-order valence-electron chi connectivity index (χ1n) is 6.90. The number of hydrogen-bond donors (Lipinski definition) is 1. The molecule has 1 amide bonds. The molecule has 4 rings (SSSR count). The topological polar surface area (TPSA) is 34.0 Å². The van der Waals surface area contributed by atoms with Gasteiger partial charge in [0.05, 0.1) is 5.52 Å². The second kappa shape index (κ2) is 4.45. The summed E-state index contributed by atoms with van der Waals surface area (Å²) in [5.41, 5.74) is 3.30. The van der Waals surface area contributed by atoms with Crippen molar-refractivity contribution in [2.75, 3.05) is 6.54 Å². The van der Waals surface area contributed by atoms with Crippen molar-refractivity contribution in [3.63, 3.8) is 0 Å². The Morgan fingerprint density at radius 3 is 2.71 bits per heavy atom. The minimum absolute atomic E-state index is 0.100. The first-order chi connectivity index (χ1) is 10.2. The van der Waals surface area contributed by atoms with Gasteiger partial charge in [0, 0.05) is 24.0 Å². The maximum atomic E-state index is 13.9. The van der Waals surface area contributed by atoms with E-state index in [9.17, 15) is 9.18 Å². The van der Waals surface area contributed by atoms with Gasteiger partial charge in [-0.15, -0.1) is 0 Å². The second-order valence-corrected chi connectivity index (χ2v) is 5.19. The average Bonchev–Trinajstić information content (AvgIpc) is 2.87. The standard InChI is InChI=1S/C17H13FN2O/c18-13-8-12-9-15-17(21)19-6-7-20(15)16(12)14(10-13)11-4-2-1-3-5-11/h1-5,8-10H,6-7H2,(H,19,21). The molecule has 0 bridgehead atoms. The SMILES string of the molecule is O=C1NCCn2c1cc1cc(F)cc(-c3ccccc3)c12. The highest BCUT2D eigenvalue weighted by Gasteiger charge is 2.22. The molecule has 4 heteroatoms. The lowest BCUT2D eigenvalue weighted by Gasteiger charge is -2.18. The summed E-state index contributed by atoms with van der Waals surface area (Å²) in [7, 11) is 0. The molecule has 0 saturated carbocycles. The van der Waals surface area contributed by atoms with Gasteiger partial charge in [-0.3, -0.25) is 4.79 Å². The number of rotatable bonds is 1. The molecule has 3 nitrogen and oxygen atoms in total. The van der Waals surface area contributed by atoms with Gasteiger partial charge in [0.25, 0.3) is 5.91 Å². The number of aromatic nitrogens is 1. The van der Waals surface area contributed by atoms with E-state index in [0.717, 1.165) is 22.0 Å². The van der Waals surface area contributed by atoms with E-state index in [0.29, 0.717) is 18.8 Å². The van der Waals surface area contributed by atoms with E-state index in [1.807, 2.05) is 34.9 Å². The Labute approximate surface area is 121 Å². The van der Waals surface area contributed by atoms with Crippen LogP contribution in [0.3, 0.4) is 0 Å². The molecule has 0 saturated heterocycles. The van der Waals surface area contributed by atoms with Crippen LogP contribution in [0.15, 0.2) is 48.5 Å². The normalized spacial score (nSPS) is 14.0. The van der Waals surface area contributed by atoms with Crippen LogP contribution < -0.4 is 5.32 Å². The number of fused-ring (bicyclic) bond motifs is 3. The molecule has 1 aliphatic heterocycles. The Morgan fingerprint density at radius 2 is 1.90 bits per heavy atom. The van der Waals surface area contributed by atoms with Gasteiger partial charge in [-0.25, -0.2) is 4.39 Å². The molecule has 1 N–H and O–H groups in total. The number of carbonyl (C=O) groups is 1. The molecule has 0 atom stereocenters. The molecule has 1 aliphatic rings. The molecule has 0 fully saturated rings. The highest BCUT2D eigenvalue weighted by Crippen LogP contribution is 2.32. The fourth-order valence-corrected chi connectivity index (χ4v) is 3.01. The van der Waals surface area contributed by atoms with Crippen molar-refractivity contribution in [1.82, 2.24) is 9.88 Å². The lowest BCUT2D eigenvalue weighted by atomic mass is 10.0. The molecule has 0 unspecified atom stereocenters. The summed E-state index contributed by atoms with van der Waals surface area (Å²) >= 11 is 0. The summed E-state index contributed by atoms with van der Waals surface area (Å²) in [6.07, 6.45) is 0. The summed E-state index contributed by atoms with van der Waals surface area (Å²) in [6.45, 7) is 1.30. The van der Waals surface area contributed by atoms with Crippen molar-refractivity contribution in [3.05, 3.63) is 60.0 Å². The van der Waals surface area contributed by atoms with Gasteiger partial charge in [0.15, 0.2) is 0 Å². The Morgan fingerprint density at radius 1 is 1.10 bits per heavy atom. The number of halogens is 1. The maximum Gasteiger partial charge on any atom is 0.268 e. The van der Waals surface area contributed by atoms with Crippen molar-refractivity contribution in [3.8, 4) is 11.1 Å². The van der Waals surface area contributed by atoms with E-state index in [2.05, 4.69) is 5.32 Å². The Bertz CT molecular complexity index is 852. The van der Waals surface area contributed by atoms with Crippen LogP contribution in [0, 0.1) is 5.82 Å². The predicted octanol–water partition coefficient (Wildman–Crippen LogP) is 3.19. The van der Waals surface area contributed by atoms with Crippen molar-refractivity contribution in [2.24, 2.45) is 0 Å². The van der Waals surface area contributed by atoms with E-state index in [4.69, 9.17) is 0 Å². The van der Waals surface area contributed by atoms with Crippen LogP contribution in [0.2, 0.25) is 0 Å². The van der Waals surface area contributed by atoms with Crippen LogP contribution in [0.1, 0.15) is 10.5 Å². The van der Waals surface area contributed by atoms with E-state index >= 15 is 0 Å². The van der Waals surface area contributed by atoms with Gasteiger partial charge in [0.1, 0.15) is 11.5 Å². The molecule has 0 aliphatic carbocycles. The number of nitrogens with one attached hydrogen (secondary N) is 1. The Kier molecular flexibility index (Phi) is 2.57. The lowest BCUT2D eigenvalue weighted by Crippen LogP contribution is -2.34. The largest absolute Gasteiger partial charge is 0.349 e. The lowest BCUT2D eigenvalue weighted by molar-refractivity contribution is 0.0929. The Balaban J connectivity index is 2.09. The number of hydrogen-bond acceptors (Lipinski definition) is 1. The van der Waals surface area contributed by atoms with Crippen LogP contribution in [-0.4, -0.2) is 17.0 Å². The molecular weight excluding hydrogens is 267 g/mol. The third-order valence-electron chi connectivity index (χ3n) is 3.90. The third-order valence-corrected chi connectivity index (χ3v) is 3.90. The van der Waals surface area contributed by atoms with Gasteiger partial charge >= 0.3 is 0 Å². The fraction of sp³-hybridized carbons (Fsp3) is 0.118. The summed E-state index contributed by atoms with van der Waals surface area (Å²) in [5, 5.41) is 3.58. The molecule has 2 aromatic carbocycles. The van der Waals surface area contributed by atoms with Gasteiger partial charge in [-0.1, -0.05) is 30.3 Å². The third kappa shape index (κ3) is 1.83. The minimum atomic E-state index is -0.287. The monoisotopic (exact) mass is 280 g/mol. The zero-order chi connectivity index (χ0) is 14.4. The molecular formula is C17H13FN2O. The number of benzene rings is 2. The van der Waals surface area contributed by atoms with Crippen LogP contribution in [0.4, 0.5) is 4.39 Å². The number of amides is 1. The van der Waals surface area contributed by atoms with Crippen LogP contribution in [0.25, 0.3) is 22.0 Å². The summed E-state index contributed by atoms with van der Waals surface area (Å²) < 4.78 is 15.9. The highest BCUT2D eigenvalue weighted by molar-refractivity contribution is 6.03. The summed E-state index contributed by atoms with van der Waals surface area (Å²) in [6, 6.07) is 14.5. The van der Waals surface area contributed by atoms with Crippen LogP contribution in [0.5, 0.6) is 0 Å². The van der Waals surface area contributed by atoms with Crippen LogP contribution in [-0.2, 0) is 6.54 Å². The van der Waals surface area contributed by atoms with Gasteiger partial charge in [-0.2, -0.15) is 0 Å². The molecule has 0 spiro atoms. The Hall–Kier alpha value is -2.62. The first-order valence-corrected chi connectivity index (χ1v) is 6.90. The maximum absolute atomic E-state index is 13.9. The molecule has 2 heterocycles. The highest BCUT2D eigenvalue weighted by atomic mass is 19.1. The van der Waals surface area contributed by atoms with E-state index in [-0.39, 0.29) is 11.7 Å². The van der Waals surface area contributed by atoms with Crippen molar-refractivity contribution < 1.29 is 9.18 Å². The van der Waals surface area contributed by atoms with Crippen molar-refractivity contribution >= 4 is 16.8 Å². The molecule has 0 radical (unpaired) electrons. The number of carbonyl (C=O) groups excluding carboxylic acids is 1. The quantitative estimate of drug-likeness (QED) is 0.730. The van der Waals surface area contributed by atoms with Gasteiger partial charge < -0.3 is 9.88 Å². The van der Waals surface area contributed by atoms with Crippen molar-refractivity contribution in [2.45, 2.75) is 6.54 Å². The summed E-state index contributed by atoms with van der Waals surface area (Å²) in [5.74, 6) is -0.387. The predicted molar refractivity (Wildman–Crippen MR) is 79.7 cm³/mol. The molecule has 1 aromatic heterocycles. The van der Waals surface area contributed by atoms with E-state index in [1.54, 1.807) is 6.07 Å². The van der Waals surface area contributed by atoms with Gasteiger partial charge in [-0.05, 0) is 23.8 Å². The van der Waals surface area contributed by atoms with Gasteiger partial charge in [0.2, 0.25) is 0 Å². The van der Waals surface area contributed by atoms with E-state index < -0.39 is 0 Å². The minimum Gasteiger partial charge on any atom is -0.349 e. The second-order valence-electron chi connectivity index (χ2n) is 5.19. The number of nitrogens with zero attached hydrogens (tertiary/aromatic N) is 1. The fourth-order valence-electron chi connectivity index (χ4n) is 3.01.